The van der Waals surface area contributed by atoms with Crippen molar-refractivity contribution in [2.24, 2.45) is 11.3 Å². The maximum atomic E-state index is 12.3. The summed E-state index contributed by atoms with van der Waals surface area (Å²) >= 11 is 1.67. The van der Waals surface area contributed by atoms with Crippen molar-refractivity contribution in [3.63, 3.8) is 0 Å². The topological polar surface area (TPSA) is 69.8 Å². The third-order valence-corrected chi connectivity index (χ3v) is 7.54. The Morgan fingerprint density at radius 2 is 2.03 bits per heavy atom. The molecule has 1 aromatic heterocycles. The van der Waals surface area contributed by atoms with Gasteiger partial charge in [-0.1, -0.05) is 19.9 Å². The van der Waals surface area contributed by atoms with Crippen molar-refractivity contribution in [2.45, 2.75) is 52.5 Å². The Labute approximate surface area is 177 Å². The molecule has 2 heterocycles. The van der Waals surface area contributed by atoms with E-state index in [9.17, 15) is 9.90 Å². The Morgan fingerprint density at radius 3 is 2.69 bits per heavy atom. The van der Waals surface area contributed by atoms with Crippen LogP contribution in [0.15, 0.2) is 18.2 Å². The van der Waals surface area contributed by atoms with Gasteiger partial charge in [0.2, 0.25) is 0 Å². The number of thiophene rings is 1. The molecule has 1 aliphatic heterocycles. The zero-order valence-electron chi connectivity index (χ0n) is 17.6. The van der Waals surface area contributed by atoms with Gasteiger partial charge in [0, 0.05) is 42.1 Å². The number of aromatic carboxylic acids is 1. The van der Waals surface area contributed by atoms with Gasteiger partial charge in [0.25, 0.3) is 0 Å². The van der Waals surface area contributed by atoms with Gasteiger partial charge in [-0.05, 0) is 66.3 Å². The third-order valence-electron chi connectivity index (χ3n) is 6.21. The van der Waals surface area contributed by atoms with Crippen LogP contribution in [0, 0.1) is 5.41 Å². The first kappa shape index (κ1) is 20.4. The number of carboxylic acids is 1. The molecule has 1 aliphatic carbocycles. The molecular weight excluding hydrogens is 382 g/mol. The van der Waals surface area contributed by atoms with Crippen LogP contribution in [0.4, 0.5) is 5.69 Å². The number of benzene rings is 1. The molecule has 3 N–H and O–H groups in total. The number of hydrogen-bond acceptors (Lipinski definition) is 5. The lowest BCUT2D eigenvalue weighted by molar-refractivity contribution is 0.0696. The zero-order valence-corrected chi connectivity index (χ0v) is 18.4. The van der Waals surface area contributed by atoms with Gasteiger partial charge in [-0.15, -0.1) is 11.3 Å². The molecule has 1 fully saturated rings. The molecule has 156 valence electrons. The Kier molecular flexibility index (Phi) is 5.44. The minimum Gasteiger partial charge on any atom is -0.478 e. The fourth-order valence-electron chi connectivity index (χ4n) is 4.71. The van der Waals surface area contributed by atoms with Crippen LogP contribution in [0.1, 0.15) is 59.5 Å². The van der Waals surface area contributed by atoms with E-state index in [1.165, 1.54) is 23.4 Å². The Bertz CT molecular complexity index is 926. The van der Waals surface area contributed by atoms with E-state index in [1.54, 1.807) is 16.3 Å². The highest BCUT2D eigenvalue weighted by molar-refractivity contribution is 7.16. The Hall–Kier alpha value is -1.89. The molecule has 0 atom stereocenters. The van der Waals surface area contributed by atoms with Crippen LogP contribution in [0.5, 0.6) is 0 Å². The molecule has 1 saturated heterocycles. The van der Waals surface area contributed by atoms with E-state index in [2.05, 4.69) is 36.9 Å². The predicted molar refractivity (Wildman–Crippen MR) is 120 cm³/mol. The van der Waals surface area contributed by atoms with Crippen LogP contribution >= 0.6 is 11.3 Å². The number of nitrogens with two attached hydrogens (primary N) is 1. The maximum Gasteiger partial charge on any atom is 0.337 e. The molecule has 6 heteroatoms. The van der Waals surface area contributed by atoms with Gasteiger partial charge >= 0.3 is 5.97 Å². The summed E-state index contributed by atoms with van der Waals surface area (Å²) in [6.07, 6.45) is 5.35. The van der Waals surface area contributed by atoms with E-state index in [0.29, 0.717) is 12.1 Å². The normalized spacial score (nSPS) is 18.3. The monoisotopic (exact) mass is 413 g/mol. The molecule has 2 aliphatic rings. The van der Waals surface area contributed by atoms with Crippen molar-refractivity contribution in [1.82, 2.24) is 5.01 Å². The number of hydrogen-bond donors (Lipinski definition) is 2. The molecule has 5 nitrogen and oxygen atoms in total. The number of fused-ring (bicyclic) bond motifs is 1. The molecule has 0 unspecified atom stereocenters. The van der Waals surface area contributed by atoms with Crippen molar-refractivity contribution in [2.75, 3.05) is 25.0 Å². The van der Waals surface area contributed by atoms with Gasteiger partial charge in [0.15, 0.2) is 0 Å². The number of nitrogens with zero attached hydrogens (tertiary/aromatic N) is 2. The average Bonchev–Trinajstić information content (AvgIpc) is 3.27. The lowest BCUT2D eigenvalue weighted by Gasteiger charge is -2.29. The first-order chi connectivity index (χ1) is 13.7. The molecule has 0 bridgehead atoms. The second-order valence-electron chi connectivity index (χ2n) is 9.30. The van der Waals surface area contributed by atoms with Crippen molar-refractivity contribution in [1.29, 1.82) is 0 Å². The highest BCUT2D eigenvalue weighted by Gasteiger charge is 2.33. The summed E-state index contributed by atoms with van der Waals surface area (Å²) in [5.41, 5.74) is 5.02. The fraction of sp³-hybridized carbons (Fsp3) is 0.522. The fourth-order valence-corrected chi connectivity index (χ4v) is 6.08. The first-order valence-electron chi connectivity index (χ1n) is 10.5. The van der Waals surface area contributed by atoms with Gasteiger partial charge in [-0.3, -0.25) is 5.84 Å². The highest BCUT2D eigenvalue weighted by Crippen LogP contribution is 2.46. The molecule has 0 saturated carbocycles. The molecule has 0 amide bonds. The number of carboxylic acid groups (broad SMARTS) is 1. The first-order valence-corrected chi connectivity index (χ1v) is 11.3. The summed E-state index contributed by atoms with van der Waals surface area (Å²) in [4.78, 5) is 16.9. The van der Waals surface area contributed by atoms with Crippen LogP contribution in [0.25, 0.3) is 10.4 Å². The summed E-state index contributed by atoms with van der Waals surface area (Å²) in [5, 5.41) is 11.8. The van der Waals surface area contributed by atoms with Crippen LogP contribution in [-0.2, 0) is 19.4 Å². The van der Waals surface area contributed by atoms with Crippen LogP contribution < -0.4 is 10.7 Å². The maximum absolute atomic E-state index is 12.3. The molecule has 4 rings (SSSR count). The second kappa shape index (κ2) is 7.74. The van der Waals surface area contributed by atoms with E-state index < -0.39 is 5.97 Å². The lowest BCUT2D eigenvalue weighted by atomic mass is 9.76. The van der Waals surface area contributed by atoms with Crippen molar-refractivity contribution >= 4 is 23.0 Å². The van der Waals surface area contributed by atoms with Gasteiger partial charge in [0.1, 0.15) is 0 Å². The van der Waals surface area contributed by atoms with Crippen LogP contribution in [0.2, 0.25) is 0 Å². The molecule has 0 radical (unpaired) electrons. The third kappa shape index (κ3) is 4.06. The van der Waals surface area contributed by atoms with E-state index in [4.69, 9.17) is 5.84 Å². The number of hydrazine groups is 1. The predicted octanol–water partition coefficient (Wildman–Crippen LogP) is 4.53. The van der Waals surface area contributed by atoms with Gasteiger partial charge in [-0.2, -0.15) is 0 Å². The van der Waals surface area contributed by atoms with E-state index in [-0.39, 0.29) is 5.41 Å². The highest BCUT2D eigenvalue weighted by atomic mass is 32.1. The number of rotatable bonds is 5. The van der Waals surface area contributed by atoms with Crippen LogP contribution in [0.3, 0.4) is 0 Å². The Balaban J connectivity index is 1.83. The second-order valence-corrected chi connectivity index (χ2v) is 10.4. The molecule has 1 aromatic carbocycles. The standard InChI is InChI=1S/C23H31N3O2S/c1-23(2)9-8-19-18(13-23)20(22(27)28)21(29-19)17-7-6-16(26-10-4-5-11-26)12-15(17)14-25(3)24/h6-7,12H,4-5,8-11,13-14,24H2,1-3H3,(H,27,28). The van der Waals surface area contributed by atoms with E-state index >= 15 is 0 Å². The average molecular weight is 414 g/mol. The van der Waals surface area contributed by atoms with Crippen molar-refractivity contribution < 1.29 is 9.90 Å². The van der Waals surface area contributed by atoms with E-state index in [0.717, 1.165) is 53.9 Å². The SMILES string of the molecule is CN(N)Cc1cc(N2CCCC2)ccc1-c1sc2c(c1C(=O)O)CC(C)(C)CC2. The smallest absolute Gasteiger partial charge is 0.337 e. The summed E-state index contributed by atoms with van der Waals surface area (Å²) in [5.74, 6) is 5.20. The summed E-state index contributed by atoms with van der Waals surface area (Å²) in [6, 6.07) is 6.47. The number of aryl methyl sites for hydroxylation is 1. The number of carbonyl (C=O) groups is 1. The van der Waals surface area contributed by atoms with Crippen molar-refractivity contribution in [3.8, 4) is 10.4 Å². The van der Waals surface area contributed by atoms with Crippen molar-refractivity contribution in [3.05, 3.63) is 39.8 Å². The lowest BCUT2D eigenvalue weighted by Crippen LogP contribution is -2.26. The summed E-state index contributed by atoms with van der Waals surface area (Å²) in [6.45, 7) is 7.22. The van der Waals surface area contributed by atoms with E-state index in [1.807, 2.05) is 7.05 Å². The molecule has 0 spiro atoms. The zero-order chi connectivity index (χ0) is 20.8. The Morgan fingerprint density at radius 1 is 1.31 bits per heavy atom. The largest absolute Gasteiger partial charge is 0.478 e. The minimum atomic E-state index is -0.814. The quantitative estimate of drug-likeness (QED) is 0.556. The summed E-state index contributed by atoms with van der Waals surface area (Å²) < 4.78 is 0. The van der Waals surface area contributed by atoms with Gasteiger partial charge in [-0.25, -0.2) is 9.80 Å². The molecule has 2 aromatic rings. The summed E-state index contributed by atoms with van der Waals surface area (Å²) in [7, 11) is 1.85. The molecule has 29 heavy (non-hydrogen) atoms. The van der Waals surface area contributed by atoms with Gasteiger partial charge in [0.05, 0.1) is 5.56 Å². The van der Waals surface area contributed by atoms with Crippen LogP contribution in [-0.4, -0.2) is 36.2 Å². The minimum absolute atomic E-state index is 0.148. The van der Waals surface area contributed by atoms with Gasteiger partial charge < -0.3 is 10.0 Å². The molecular formula is C23H31N3O2S. The number of anilines is 1.